The van der Waals surface area contributed by atoms with E-state index in [1.807, 2.05) is 42.6 Å². The van der Waals surface area contributed by atoms with E-state index in [1.54, 1.807) is 16.8 Å². The molecule has 0 atom stereocenters. The van der Waals surface area contributed by atoms with Gasteiger partial charge in [0, 0.05) is 28.5 Å². The van der Waals surface area contributed by atoms with Crippen molar-refractivity contribution in [1.82, 2.24) is 15.0 Å². The molecule has 3 aromatic carbocycles. The fraction of sp³-hybridized carbons (Fsp3) is 0.0476. The van der Waals surface area contributed by atoms with Crippen molar-refractivity contribution in [3.8, 4) is 11.3 Å². The number of rotatable bonds is 4. The van der Waals surface area contributed by atoms with E-state index in [0.29, 0.717) is 6.54 Å². The molecular formula is C21H14N4O3. The van der Waals surface area contributed by atoms with E-state index in [0.717, 1.165) is 38.8 Å². The Balaban J connectivity index is 1.45. The van der Waals surface area contributed by atoms with Crippen molar-refractivity contribution in [2.75, 3.05) is 0 Å². The van der Waals surface area contributed by atoms with E-state index in [2.05, 4.69) is 16.4 Å². The Labute approximate surface area is 159 Å². The predicted octanol–water partition coefficient (Wildman–Crippen LogP) is 4.80. The molecule has 136 valence electrons. The number of hydrogen-bond donors (Lipinski definition) is 0. The molecule has 7 nitrogen and oxygen atoms in total. The van der Waals surface area contributed by atoms with E-state index >= 15 is 0 Å². The van der Waals surface area contributed by atoms with Gasteiger partial charge in [-0.3, -0.25) is 10.1 Å². The molecule has 2 aromatic heterocycles. The number of hydrogen-bond acceptors (Lipinski definition) is 5. The maximum Gasteiger partial charge on any atom is 0.269 e. The lowest BCUT2D eigenvalue weighted by molar-refractivity contribution is -0.384. The highest BCUT2D eigenvalue weighted by Gasteiger charge is 2.11. The summed E-state index contributed by atoms with van der Waals surface area (Å²) in [5, 5.41) is 21.3. The van der Waals surface area contributed by atoms with Gasteiger partial charge in [0.25, 0.3) is 5.69 Å². The second-order valence-corrected chi connectivity index (χ2v) is 6.53. The lowest BCUT2D eigenvalue weighted by Gasteiger charge is -2.00. The standard InChI is InChI=1S/C21H14N4O3/c26-25(27)16-8-5-14(6-9-16)12-24-13-19(22-23-24)15-7-10-21-18(11-15)17-3-1-2-4-20(17)28-21/h1-11,13H,12H2. The van der Waals surface area contributed by atoms with Gasteiger partial charge in [-0.15, -0.1) is 5.10 Å². The van der Waals surface area contributed by atoms with Crippen LogP contribution >= 0.6 is 0 Å². The molecule has 28 heavy (non-hydrogen) atoms. The molecular weight excluding hydrogens is 356 g/mol. The van der Waals surface area contributed by atoms with Crippen LogP contribution in [0.5, 0.6) is 0 Å². The first-order valence-electron chi connectivity index (χ1n) is 8.72. The maximum absolute atomic E-state index is 10.8. The number of nitro benzene ring substituents is 1. The quantitative estimate of drug-likeness (QED) is 0.335. The van der Waals surface area contributed by atoms with E-state index in [1.165, 1.54) is 12.1 Å². The van der Waals surface area contributed by atoms with Crippen molar-refractivity contribution in [1.29, 1.82) is 0 Å². The summed E-state index contributed by atoms with van der Waals surface area (Å²) < 4.78 is 7.58. The van der Waals surface area contributed by atoms with E-state index in [-0.39, 0.29) is 5.69 Å². The lowest BCUT2D eigenvalue weighted by atomic mass is 10.1. The van der Waals surface area contributed by atoms with Crippen LogP contribution in [0.1, 0.15) is 5.56 Å². The van der Waals surface area contributed by atoms with E-state index in [9.17, 15) is 10.1 Å². The zero-order valence-corrected chi connectivity index (χ0v) is 14.6. The van der Waals surface area contributed by atoms with Gasteiger partial charge in [-0.05, 0) is 29.8 Å². The minimum atomic E-state index is -0.410. The molecule has 5 rings (SSSR count). The molecule has 0 unspecified atom stereocenters. The monoisotopic (exact) mass is 370 g/mol. The van der Waals surface area contributed by atoms with Gasteiger partial charge < -0.3 is 4.42 Å². The van der Waals surface area contributed by atoms with E-state index < -0.39 is 4.92 Å². The van der Waals surface area contributed by atoms with Crippen LogP contribution in [0, 0.1) is 10.1 Å². The molecule has 2 heterocycles. The smallest absolute Gasteiger partial charge is 0.269 e. The van der Waals surface area contributed by atoms with Gasteiger partial charge in [0.15, 0.2) is 0 Å². The Hall–Kier alpha value is -4.00. The molecule has 0 amide bonds. The van der Waals surface area contributed by atoms with Crippen LogP contribution in [0.4, 0.5) is 5.69 Å². The molecule has 0 saturated carbocycles. The third-order valence-electron chi connectivity index (χ3n) is 4.70. The fourth-order valence-corrected chi connectivity index (χ4v) is 3.30. The van der Waals surface area contributed by atoms with Crippen LogP contribution in [0.15, 0.2) is 77.3 Å². The van der Waals surface area contributed by atoms with Gasteiger partial charge in [0.1, 0.15) is 16.9 Å². The average molecular weight is 370 g/mol. The second kappa shape index (κ2) is 6.31. The van der Waals surface area contributed by atoms with Gasteiger partial charge in [-0.25, -0.2) is 4.68 Å². The van der Waals surface area contributed by atoms with Crippen molar-refractivity contribution in [3.05, 3.63) is 88.6 Å². The summed E-state index contributed by atoms with van der Waals surface area (Å²) >= 11 is 0. The first-order chi connectivity index (χ1) is 13.7. The third kappa shape index (κ3) is 2.79. The lowest BCUT2D eigenvalue weighted by Crippen LogP contribution is -2.00. The molecule has 0 aliphatic heterocycles. The number of nitrogens with zero attached hydrogens (tertiary/aromatic N) is 4. The Kier molecular flexibility index (Phi) is 3.65. The fourth-order valence-electron chi connectivity index (χ4n) is 3.30. The minimum Gasteiger partial charge on any atom is -0.456 e. The summed E-state index contributed by atoms with van der Waals surface area (Å²) in [7, 11) is 0. The van der Waals surface area contributed by atoms with Crippen LogP contribution in [-0.4, -0.2) is 19.9 Å². The largest absolute Gasteiger partial charge is 0.456 e. The molecule has 0 N–H and O–H groups in total. The van der Waals surface area contributed by atoms with Gasteiger partial charge >= 0.3 is 0 Å². The van der Waals surface area contributed by atoms with Gasteiger partial charge in [0.05, 0.1) is 17.7 Å². The van der Waals surface area contributed by atoms with Crippen LogP contribution in [0.2, 0.25) is 0 Å². The molecule has 0 aliphatic carbocycles. The summed E-state index contributed by atoms with van der Waals surface area (Å²) in [6.45, 7) is 0.488. The SMILES string of the molecule is O=[N+]([O-])c1ccc(Cn2cc(-c3ccc4oc5ccccc5c4c3)nn2)cc1. The van der Waals surface area contributed by atoms with Crippen molar-refractivity contribution >= 4 is 27.6 Å². The van der Waals surface area contributed by atoms with Crippen LogP contribution in [-0.2, 0) is 6.54 Å². The highest BCUT2D eigenvalue weighted by molar-refractivity contribution is 6.06. The third-order valence-corrected chi connectivity index (χ3v) is 4.70. The number of para-hydroxylation sites is 1. The number of non-ortho nitro benzene ring substituents is 1. The molecule has 0 radical (unpaired) electrons. The molecule has 0 saturated heterocycles. The summed E-state index contributed by atoms with van der Waals surface area (Å²) in [4.78, 5) is 10.3. The number of fused-ring (bicyclic) bond motifs is 3. The number of furan rings is 1. The summed E-state index contributed by atoms with van der Waals surface area (Å²) in [5.41, 5.74) is 4.39. The topological polar surface area (TPSA) is 87.0 Å². The van der Waals surface area contributed by atoms with Crippen molar-refractivity contribution in [3.63, 3.8) is 0 Å². The molecule has 0 aliphatic rings. The zero-order chi connectivity index (χ0) is 19.1. The number of benzene rings is 3. The van der Waals surface area contributed by atoms with Gasteiger partial charge in [0.2, 0.25) is 0 Å². The summed E-state index contributed by atoms with van der Waals surface area (Å²) in [5.74, 6) is 0. The maximum atomic E-state index is 10.8. The molecule has 0 spiro atoms. The first-order valence-corrected chi connectivity index (χ1v) is 8.72. The first kappa shape index (κ1) is 16.2. The van der Waals surface area contributed by atoms with Gasteiger partial charge in [-0.1, -0.05) is 35.5 Å². The van der Waals surface area contributed by atoms with Crippen molar-refractivity contribution in [2.24, 2.45) is 0 Å². The molecule has 7 heteroatoms. The number of nitro groups is 1. The highest BCUT2D eigenvalue weighted by atomic mass is 16.6. The normalized spacial score (nSPS) is 11.3. The van der Waals surface area contributed by atoms with Crippen molar-refractivity contribution < 1.29 is 9.34 Å². The summed E-state index contributed by atoms with van der Waals surface area (Å²) in [6.07, 6.45) is 1.87. The zero-order valence-electron chi connectivity index (χ0n) is 14.6. The van der Waals surface area contributed by atoms with Gasteiger partial charge in [-0.2, -0.15) is 0 Å². The van der Waals surface area contributed by atoms with Crippen molar-refractivity contribution in [2.45, 2.75) is 6.54 Å². The predicted molar refractivity (Wildman–Crippen MR) is 105 cm³/mol. The average Bonchev–Trinajstić information content (AvgIpc) is 3.32. The minimum absolute atomic E-state index is 0.0728. The Morgan fingerprint density at radius 3 is 2.57 bits per heavy atom. The van der Waals surface area contributed by atoms with Crippen LogP contribution < -0.4 is 0 Å². The second-order valence-electron chi connectivity index (χ2n) is 6.53. The van der Waals surface area contributed by atoms with Crippen LogP contribution in [0.25, 0.3) is 33.2 Å². The molecule has 0 fully saturated rings. The number of aromatic nitrogens is 3. The molecule has 5 aromatic rings. The van der Waals surface area contributed by atoms with Crippen LogP contribution in [0.3, 0.4) is 0 Å². The Morgan fingerprint density at radius 1 is 0.964 bits per heavy atom. The Morgan fingerprint density at radius 2 is 1.75 bits per heavy atom. The Bertz CT molecular complexity index is 1320. The highest BCUT2D eigenvalue weighted by Crippen LogP contribution is 2.31. The molecule has 0 bridgehead atoms. The summed E-state index contributed by atoms with van der Waals surface area (Å²) in [6, 6.07) is 20.3. The van der Waals surface area contributed by atoms with E-state index in [4.69, 9.17) is 4.42 Å².